The van der Waals surface area contributed by atoms with E-state index in [2.05, 4.69) is 5.32 Å². The standard InChI is InChI=1S/C12H16N2O3/c1-2-4-9-8(7-14-12(13)17)5-3-6-10(9)11(15)16/h3,5-6H,2,4,7H2,1H3,(H,15,16)(H3,13,14,17). The topological polar surface area (TPSA) is 92.4 Å². The van der Waals surface area contributed by atoms with Crippen molar-refractivity contribution in [3.63, 3.8) is 0 Å². The number of aromatic carboxylic acids is 1. The number of carboxylic acid groups (broad SMARTS) is 1. The number of carbonyl (C=O) groups is 2. The van der Waals surface area contributed by atoms with Gasteiger partial charge in [0.05, 0.1) is 5.56 Å². The van der Waals surface area contributed by atoms with E-state index in [9.17, 15) is 9.59 Å². The molecule has 5 heteroatoms. The van der Waals surface area contributed by atoms with Crippen molar-refractivity contribution in [3.8, 4) is 0 Å². The molecule has 0 saturated carbocycles. The van der Waals surface area contributed by atoms with Crippen molar-refractivity contribution in [1.82, 2.24) is 5.32 Å². The molecule has 0 atom stereocenters. The molecule has 0 aliphatic heterocycles. The van der Waals surface area contributed by atoms with Gasteiger partial charge in [0, 0.05) is 6.54 Å². The van der Waals surface area contributed by atoms with Crippen LogP contribution in [0, 0.1) is 0 Å². The Balaban J connectivity index is 3.05. The van der Waals surface area contributed by atoms with Crippen LogP contribution in [0.3, 0.4) is 0 Å². The highest BCUT2D eigenvalue weighted by atomic mass is 16.4. The first-order valence-corrected chi connectivity index (χ1v) is 5.43. The summed E-state index contributed by atoms with van der Waals surface area (Å²) in [6.07, 6.45) is 1.51. The van der Waals surface area contributed by atoms with Gasteiger partial charge in [0.1, 0.15) is 0 Å². The highest BCUT2D eigenvalue weighted by Crippen LogP contribution is 2.17. The number of carbonyl (C=O) groups excluding carboxylic acids is 1. The summed E-state index contributed by atoms with van der Waals surface area (Å²) in [7, 11) is 0. The molecule has 0 aliphatic rings. The van der Waals surface area contributed by atoms with Crippen molar-refractivity contribution in [3.05, 3.63) is 34.9 Å². The zero-order chi connectivity index (χ0) is 12.8. The van der Waals surface area contributed by atoms with Gasteiger partial charge in [-0.1, -0.05) is 25.5 Å². The Hall–Kier alpha value is -2.04. The molecule has 0 fully saturated rings. The second-order valence-electron chi connectivity index (χ2n) is 3.72. The molecule has 1 aromatic carbocycles. The smallest absolute Gasteiger partial charge is 0.335 e. The van der Waals surface area contributed by atoms with E-state index in [0.29, 0.717) is 6.42 Å². The summed E-state index contributed by atoms with van der Waals surface area (Å²) in [6, 6.07) is 4.42. The van der Waals surface area contributed by atoms with E-state index in [1.54, 1.807) is 18.2 Å². The zero-order valence-electron chi connectivity index (χ0n) is 9.69. The minimum atomic E-state index is -0.950. The van der Waals surface area contributed by atoms with Crippen LogP contribution >= 0.6 is 0 Å². The molecule has 0 unspecified atom stereocenters. The number of carboxylic acids is 1. The monoisotopic (exact) mass is 236 g/mol. The Bertz CT molecular complexity index is 430. The number of nitrogens with one attached hydrogen (secondary N) is 1. The van der Waals surface area contributed by atoms with Gasteiger partial charge in [0.25, 0.3) is 0 Å². The van der Waals surface area contributed by atoms with Crippen molar-refractivity contribution >= 4 is 12.0 Å². The Morgan fingerprint density at radius 2 is 2.12 bits per heavy atom. The Morgan fingerprint density at radius 1 is 1.41 bits per heavy atom. The third-order valence-corrected chi connectivity index (χ3v) is 2.46. The summed E-state index contributed by atoms with van der Waals surface area (Å²) in [6.45, 7) is 2.23. The summed E-state index contributed by atoms with van der Waals surface area (Å²) in [5.41, 5.74) is 6.84. The lowest BCUT2D eigenvalue weighted by Gasteiger charge is -2.12. The average Bonchev–Trinajstić information content (AvgIpc) is 2.27. The highest BCUT2D eigenvalue weighted by molar-refractivity contribution is 5.89. The predicted molar refractivity (Wildman–Crippen MR) is 63.8 cm³/mol. The fraction of sp³-hybridized carbons (Fsp3) is 0.333. The van der Waals surface area contributed by atoms with Gasteiger partial charge in [-0.05, 0) is 23.6 Å². The molecule has 0 spiro atoms. The highest BCUT2D eigenvalue weighted by Gasteiger charge is 2.13. The molecule has 0 aromatic heterocycles. The van der Waals surface area contributed by atoms with E-state index >= 15 is 0 Å². The molecule has 0 bridgehead atoms. The fourth-order valence-electron chi connectivity index (χ4n) is 1.73. The van der Waals surface area contributed by atoms with Crippen LogP contribution in [0.1, 0.15) is 34.8 Å². The van der Waals surface area contributed by atoms with Gasteiger partial charge in [-0.2, -0.15) is 0 Å². The maximum atomic E-state index is 11.1. The van der Waals surface area contributed by atoms with Crippen LogP contribution in [0.2, 0.25) is 0 Å². The maximum Gasteiger partial charge on any atom is 0.335 e. The lowest BCUT2D eigenvalue weighted by Crippen LogP contribution is -2.29. The zero-order valence-corrected chi connectivity index (χ0v) is 9.69. The molecule has 0 heterocycles. The van der Waals surface area contributed by atoms with E-state index in [0.717, 1.165) is 17.5 Å². The summed E-state index contributed by atoms with van der Waals surface area (Å²) in [5, 5.41) is 11.6. The first kappa shape index (κ1) is 13.0. The van der Waals surface area contributed by atoms with Gasteiger partial charge in [-0.15, -0.1) is 0 Å². The third-order valence-electron chi connectivity index (χ3n) is 2.46. The fourth-order valence-corrected chi connectivity index (χ4v) is 1.73. The van der Waals surface area contributed by atoms with Crippen molar-refractivity contribution in [2.75, 3.05) is 0 Å². The molecule has 2 amide bonds. The number of rotatable bonds is 5. The van der Waals surface area contributed by atoms with E-state index in [-0.39, 0.29) is 12.1 Å². The third kappa shape index (κ3) is 3.48. The van der Waals surface area contributed by atoms with E-state index in [1.165, 1.54) is 0 Å². The van der Waals surface area contributed by atoms with Gasteiger partial charge in [0.15, 0.2) is 0 Å². The lowest BCUT2D eigenvalue weighted by atomic mass is 9.97. The van der Waals surface area contributed by atoms with Crippen LogP contribution in [0.4, 0.5) is 4.79 Å². The van der Waals surface area contributed by atoms with Crippen LogP contribution in [-0.4, -0.2) is 17.1 Å². The molecule has 5 nitrogen and oxygen atoms in total. The van der Waals surface area contributed by atoms with Crippen molar-refractivity contribution < 1.29 is 14.7 Å². The average molecular weight is 236 g/mol. The number of nitrogens with two attached hydrogens (primary N) is 1. The number of hydrogen-bond acceptors (Lipinski definition) is 2. The van der Waals surface area contributed by atoms with Crippen LogP contribution in [0.25, 0.3) is 0 Å². The first-order valence-electron chi connectivity index (χ1n) is 5.43. The quantitative estimate of drug-likeness (QED) is 0.723. The molecule has 0 aliphatic carbocycles. The SMILES string of the molecule is CCCc1c(CNC(N)=O)cccc1C(=O)O. The largest absolute Gasteiger partial charge is 0.478 e. The Morgan fingerprint density at radius 3 is 2.65 bits per heavy atom. The van der Waals surface area contributed by atoms with Crippen molar-refractivity contribution in [1.29, 1.82) is 0 Å². The minimum absolute atomic E-state index is 0.256. The van der Waals surface area contributed by atoms with Crippen LogP contribution in [-0.2, 0) is 13.0 Å². The summed E-state index contributed by atoms with van der Waals surface area (Å²) >= 11 is 0. The van der Waals surface area contributed by atoms with Crippen LogP contribution in [0.5, 0.6) is 0 Å². The number of hydrogen-bond donors (Lipinski definition) is 3. The lowest BCUT2D eigenvalue weighted by molar-refractivity contribution is 0.0695. The summed E-state index contributed by atoms with van der Waals surface area (Å²) < 4.78 is 0. The number of primary amides is 1. The molecule has 1 rings (SSSR count). The summed E-state index contributed by atoms with van der Waals surface area (Å²) in [5.74, 6) is -0.950. The summed E-state index contributed by atoms with van der Waals surface area (Å²) in [4.78, 5) is 21.7. The van der Waals surface area contributed by atoms with Gasteiger partial charge in [-0.3, -0.25) is 0 Å². The van der Waals surface area contributed by atoms with Gasteiger partial charge >= 0.3 is 12.0 Å². The normalized spacial score (nSPS) is 9.94. The molecular formula is C12H16N2O3. The minimum Gasteiger partial charge on any atom is -0.478 e. The molecule has 17 heavy (non-hydrogen) atoms. The molecule has 92 valence electrons. The number of urea groups is 1. The number of amides is 2. The van der Waals surface area contributed by atoms with Gasteiger partial charge in [-0.25, -0.2) is 9.59 Å². The van der Waals surface area contributed by atoms with Crippen molar-refractivity contribution in [2.24, 2.45) is 5.73 Å². The van der Waals surface area contributed by atoms with Crippen LogP contribution < -0.4 is 11.1 Å². The number of benzene rings is 1. The first-order chi connectivity index (χ1) is 8.06. The second kappa shape index (κ2) is 5.89. The molecule has 0 saturated heterocycles. The van der Waals surface area contributed by atoms with E-state index in [4.69, 9.17) is 10.8 Å². The van der Waals surface area contributed by atoms with E-state index in [1.807, 2.05) is 6.92 Å². The maximum absolute atomic E-state index is 11.1. The second-order valence-corrected chi connectivity index (χ2v) is 3.72. The molecule has 0 radical (unpaired) electrons. The van der Waals surface area contributed by atoms with Gasteiger partial charge in [0.2, 0.25) is 0 Å². The molecular weight excluding hydrogens is 220 g/mol. The molecule has 1 aromatic rings. The van der Waals surface area contributed by atoms with E-state index < -0.39 is 12.0 Å². The van der Waals surface area contributed by atoms with Gasteiger partial charge < -0.3 is 16.2 Å². The predicted octanol–water partition coefficient (Wildman–Crippen LogP) is 1.51. The molecule has 4 N–H and O–H groups in total. The Labute approximate surface area is 99.6 Å². The van der Waals surface area contributed by atoms with Crippen molar-refractivity contribution in [2.45, 2.75) is 26.3 Å². The van der Waals surface area contributed by atoms with Crippen LogP contribution in [0.15, 0.2) is 18.2 Å². The Kier molecular flexibility index (Phi) is 4.51.